The largest absolute Gasteiger partial charge is 0.493 e. The summed E-state index contributed by atoms with van der Waals surface area (Å²) in [6.07, 6.45) is 1.43. The summed E-state index contributed by atoms with van der Waals surface area (Å²) in [5.41, 5.74) is 0.477. The van der Waals surface area contributed by atoms with Crippen molar-refractivity contribution in [3.8, 4) is 11.5 Å². The third kappa shape index (κ3) is 3.31. The first-order valence-electron chi connectivity index (χ1n) is 5.47. The van der Waals surface area contributed by atoms with Gasteiger partial charge in [-0.2, -0.15) is 0 Å². The first-order chi connectivity index (χ1) is 8.12. The van der Waals surface area contributed by atoms with Gasteiger partial charge in [-0.3, -0.25) is 9.59 Å². The van der Waals surface area contributed by atoms with Gasteiger partial charge in [0.2, 0.25) is 0 Å². The monoisotopic (exact) mass is 236 g/mol. The highest BCUT2D eigenvalue weighted by molar-refractivity contribution is 5.78. The van der Waals surface area contributed by atoms with Gasteiger partial charge in [0, 0.05) is 5.56 Å². The minimum atomic E-state index is -0.301. The predicted molar refractivity (Wildman–Crippen MR) is 63.5 cm³/mol. The highest BCUT2D eigenvalue weighted by Crippen LogP contribution is 2.28. The van der Waals surface area contributed by atoms with Crippen LogP contribution in [0.2, 0.25) is 0 Å². The molecular weight excluding hydrogens is 220 g/mol. The summed E-state index contributed by atoms with van der Waals surface area (Å²) in [5.74, 6) is 0.254. The van der Waals surface area contributed by atoms with Crippen LogP contribution in [0.5, 0.6) is 11.5 Å². The molecule has 4 heteroatoms. The summed E-state index contributed by atoms with van der Waals surface area (Å²) >= 11 is 0. The molecular formula is C13H16O4. The van der Waals surface area contributed by atoms with Crippen LogP contribution in [-0.2, 0) is 4.79 Å². The molecule has 17 heavy (non-hydrogen) atoms. The van der Waals surface area contributed by atoms with Crippen LogP contribution in [0.25, 0.3) is 0 Å². The van der Waals surface area contributed by atoms with Gasteiger partial charge >= 0.3 is 5.97 Å². The van der Waals surface area contributed by atoms with Gasteiger partial charge in [0.1, 0.15) is 6.29 Å². The second-order valence-corrected chi connectivity index (χ2v) is 3.76. The number of methoxy groups -OCH3 is 1. The molecule has 0 bridgehead atoms. The highest BCUT2D eigenvalue weighted by Gasteiger charge is 2.15. The van der Waals surface area contributed by atoms with Crippen LogP contribution >= 0.6 is 0 Å². The van der Waals surface area contributed by atoms with Gasteiger partial charge in [-0.15, -0.1) is 0 Å². The number of esters is 1. The Labute approximate surface area is 101 Å². The molecule has 1 aromatic carbocycles. The number of aldehydes is 1. The molecule has 0 heterocycles. The lowest BCUT2D eigenvalue weighted by molar-refractivity contribution is -0.138. The Morgan fingerprint density at radius 3 is 2.65 bits per heavy atom. The average Bonchev–Trinajstić information content (AvgIpc) is 2.37. The van der Waals surface area contributed by atoms with Gasteiger partial charge in [0.25, 0.3) is 0 Å². The molecule has 0 aromatic heterocycles. The van der Waals surface area contributed by atoms with Crippen molar-refractivity contribution < 1.29 is 19.1 Å². The fraction of sp³-hybridized carbons (Fsp3) is 0.385. The number of hydrogen-bond donors (Lipinski definition) is 0. The third-order valence-corrected chi connectivity index (χ3v) is 2.55. The van der Waals surface area contributed by atoms with E-state index in [1.165, 1.54) is 13.2 Å². The van der Waals surface area contributed by atoms with E-state index in [-0.39, 0.29) is 11.9 Å². The molecule has 0 aliphatic rings. The van der Waals surface area contributed by atoms with Crippen molar-refractivity contribution in [3.05, 3.63) is 23.8 Å². The van der Waals surface area contributed by atoms with E-state index >= 15 is 0 Å². The van der Waals surface area contributed by atoms with Crippen LogP contribution in [-0.4, -0.2) is 19.4 Å². The second-order valence-electron chi connectivity index (χ2n) is 3.76. The van der Waals surface area contributed by atoms with Gasteiger partial charge in [0.15, 0.2) is 11.5 Å². The molecule has 1 atom stereocenters. The maximum absolute atomic E-state index is 11.6. The topological polar surface area (TPSA) is 52.6 Å². The molecule has 0 amide bonds. The van der Waals surface area contributed by atoms with Gasteiger partial charge in [-0.05, 0) is 24.6 Å². The van der Waals surface area contributed by atoms with Crippen LogP contribution in [0.15, 0.2) is 18.2 Å². The van der Waals surface area contributed by atoms with Crippen molar-refractivity contribution in [2.24, 2.45) is 5.92 Å². The molecule has 0 N–H and O–H groups in total. The zero-order valence-electron chi connectivity index (χ0n) is 10.2. The molecule has 0 fully saturated rings. The zero-order chi connectivity index (χ0) is 12.8. The van der Waals surface area contributed by atoms with Gasteiger partial charge in [-0.25, -0.2) is 0 Å². The molecule has 4 nitrogen and oxygen atoms in total. The Morgan fingerprint density at radius 1 is 1.41 bits per heavy atom. The van der Waals surface area contributed by atoms with Gasteiger partial charge in [-0.1, -0.05) is 13.8 Å². The Bertz CT molecular complexity index is 412. The molecule has 0 aliphatic heterocycles. The Hall–Kier alpha value is -1.84. The molecule has 1 rings (SSSR count). The lowest BCUT2D eigenvalue weighted by Crippen LogP contribution is -2.17. The standard InChI is InChI=1S/C13H16O4/c1-4-9(2)13(15)17-11-6-5-10(8-14)7-12(11)16-3/h5-9H,4H2,1-3H3. The molecule has 1 unspecified atom stereocenters. The van der Waals surface area contributed by atoms with Crippen molar-refractivity contribution in [2.75, 3.05) is 7.11 Å². The van der Waals surface area contributed by atoms with E-state index < -0.39 is 0 Å². The SMILES string of the molecule is CCC(C)C(=O)Oc1ccc(C=O)cc1OC. The Kier molecular flexibility index (Phi) is 4.69. The Balaban J connectivity index is 2.90. The number of hydrogen-bond acceptors (Lipinski definition) is 4. The lowest BCUT2D eigenvalue weighted by atomic mass is 10.1. The minimum absolute atomic E-state index is 0.162. The van der Waals surface area contributed by atoms with E-state index in [0.717, 1.165) is 0 Å². The van der Waals surface area contributed by atoms with Crippen LogP contribution in [0, 0.1) is 5.92 Å². The van der Waals surface area contributed by atoms with E-state index in [4.69, 9.17) is 9.47 Å². The fourth-order valence-corrected chi connectivity index (χ4v) is 1.22. The van der Waals surface area contributed by atoms with E-state index in [9.17, 15) is 9.59 Å². The van der Waals surface area contributed by atoms with Crippen molar-refractivity contribution in [2.45, 2.75) is 20.3 Å². The molecule has 0 saturated carbocycles. The first-order valence-corrected chi connectivity index (χ1v) is 5.47. The number of benzene rings is 1. The smallest absolute Gasteiger partial charge is 0.314 e. The fourth-order valence-electron chi connectivity index (χ4n) is 1.22. The summed E-state index contributed by atoms with van der Waals surface area (Å²) in [6.45, 7) is 3.72. The van der Waals surface area contributed by atoms with Gasteiger partial charge < -0.3 is 9.47 Å². The lowest BCUT2D eigenvalue weighted by Gasteiger charge is -2.12. The van der Waals surface area contributed by atoms with Crippen molar-refractivity contribution >= 4 is 12.3 Å². The summed E-state index contributed by atoms with van der Waals surface area (Å²) in [6, 6.07) is 4.67. The van der Waals surface area contributed by atoms with Crippen LogP contribution < -0.4 is 9.47 Å². The van der Waals surface area contributed by atoms with E-state index in [1.807, 2.05) is 6.92 Å². The minimum Gasteiger partial charge on any atom is -0.493 e. The molecule has 92 valence electrons. The molecule has 0 aliphatic carbocycles. The zero-order valence-corrected chi connectivity index (χ0v) is 10.2. The van der Waals surface area contributed by atoms with Crippen molar-refractivity contribution in [1.29, 1.82) is 0 Å². The summed E-state index contributed by atoms with van der Waals surface area (Å²) < 4.78 is 10.3. The Morgan fingerprint density at radius 2 is 2.12 bits per heavy atom. The second kappa shape index (κ2) is 6.03. The van der Waals surface area contributed by atoms with E-state index in [0.29, 0.717) is 29.8 Å². The molecule has 0 radical (unpaired) electrons. The molecule has 1 aromatic rings. The van der Waals surface area contributed by atoms with Crippen LogP contribution in [0.1, 0.15) is 30.6 Å². The van der Waals surface area contributed by atoms with E-state index in [1.54, 1.807) is 19.1 Å². The highest BCUT2D eigenvalue weighted by atomic mass is 16.6. The maximum Gasteiger partial charge on any atom is 0.314 e. The summed E-state index contributed by atoms with van der Waals surface area (Å²) in [4.78, 5) is 22.2. The predicted octanol–water partition coefficient (Wildman–Crippen LogP) is 2.46. The average molecular weight is 236 g/mol. The number of ether oxygens (including phenoxy) is 2. The molecule has 0 spiro atoms. The van der Waals surface area contributed by atoms with E-state index in [2.05, 4.69) is 0 Å². The first kappa shape index (κ1) is 13.2. The van der Waals surface area contributed by atoms with Crippen LogP contribution in [0.3, 0.4) is 0 Å². The van der Waals surface area contributed by atoms with Crippen LogP contribution in [0.4, 0.5) is 0 Å². The maximum atomic E-state index is 11.6. The van der Waals surface area contributed by atoms with Crippen molar-refractivity contribution in [1.82, 2.24) is 0 Å². The number of carbonyl (C=O) groups excluding carboxylic acids is 2. The molecule has 0 saturated heterocycles. The number of carbonyl (C=O) groups is 2. The van der Waals surface area contributed by atoms with Gasteiger partial charge in [0.05, 0.1) is 13.0 Å². The summed E-state index contributed by atoms with van der Waals surface area (Å²) in [5, 5.41) is 0. The summed E-state index contributed by atoms with van der Waals surface area (Å²) in [7, 11) is 1.46. The quantitative estimate of drug-likeness (QED) is 0.447. The normalized spacial score (nSPS) is 11.7. The number of rotatable bonds is 5. The van der Waals surface area contributed by atoms with Crippen molar-refractivity contribution in [3.63, 3.8) is 0 Å². The third-order valence-electron chi connectivity index (χ3n) is 2.55.